The topological polar surface area (TPSA) is 190 Å². The molecule has 6 atom stereocenters. The van der Waals surface area contributed by atoms with Crippen molar-refractivity contribution < 1.29 is 38.9 Å². The monoisotopic (exact) mass is 782 g/mol. The summed E-state index contributed by atoms with van der Waals surface area (Å²) in [5.41, 5.74) is -0.866. The Morgan fingerprint density at radius 1 is 0.845 bits per heavy atom. The molecule has 0 aromatic heterocycles. The van der Waals surface area contributed by atoms with Gasteiger partial charge >= 0.3 is 11.4 Å². The number of nitrogens with zero attached hydrogens (tertiary/aromatic N) is 4. The first-order valence-corrected chi connectivity index (χ1v) is 18.9. The van der Waals surface area contributed by atoms with Crippen LogP contribution >= 0.6 is 0 Å². The standard InChI is InChI=1S/C44H38N4O10/c1-45(2)40-34(47(54)55)21-27(22-35(40)48(56)57)46-42(52)30-18-17-28-32(38(30)43(46)53)23-33-41(51)31(25-11-5-3-6-12-25)24-37(50)44(33,26-13-7-4-8-14-26)39(28)29-15-9-10-16-36(29)58-20-19-49/h3-17,21-22,24,30,32-33,38-39,49H,18-20,23H2,1-2H3. The Balaban J connectivity index is 1.34. The third-order valence-corrected chi connectivity index (χ3v) is 12.1. The van der Waals surface area contributed by atoms with Crippen LogP contribution in [0.15, 0.2) is 115 Å². The predicted molar refractivity (Wildman–Crippen MR) is 212 cm³/mol. The van der Waals surface area contributed by atoms with Crippen molar-refractivity contribution in [3.8, 4) is 5.75 Å². The summed E-state index contributed by atoms with van der Waals surface area (Å²) in [4.78, 5) is 84.8. The maximum Gasteiger partial charge on any atom is 0.301 e. The Morgan fingerprint density at radius 2 is 1.47 bits per heavy atom. The zero-order chi connectivity index (χ0) is 41.0. The van der Waals surface area contributed by atoms with Gasteiger partial charge in [-0.2, -0.15) is 0 Å². The van der Waals surface area contributed by atoms with Gasteiger partial charge in [-0.05, 0) is 42.0 Å². The highest BCUT2D eigenvalue weighted by Gasteiger charge is 2.66. The van der Waals surface area contributed by atoms with E-state index in [-0.39, 0.29) is 54.6 Å². The van der Waals surface area contributed by atoms with Gasteiger partial charge in [0.15, 0.2) is 17.3 Å². The fourth-order valence-corrected chi connectivity index (χ4v) is 9.93. The number of nitro benzene ring substituents is 2. The third-order valence-electron chi connectivity index (χ3n) is 12.1. The Morgan fingerprint density at radius 3 is 2.09 bits per heavy atom. The SMILES string of the molecule is CN(C)c1c([N+](=O)[O-])cc(N2C(=O)C3CC=C4C(CC5C(=O)C(c6ccccc6)=CC(=O)C5(c5ccccc5)C4c4ccccc4OCCO)C3C2=O)cc1[N+](=O)[O-]. The average Bonchev–Trinajstić information content (AvgIpc) is 3.49. The molecule has 4 aromatic carbocycles. The molecular weight excluding hydrogens is 745 g/mol. The number of carbonyl (C=O) groups excluding carboxylic acids is 4. The summed E-state index contributed by atoms with van der Waals surface area (Å²) in [6, 6.07) is 27.0. The normalized spacial score (nSPS) is 24.9. The Kier molecular flexibility index (Phi) is 9.60. The number of carbonyl (C=O) groups is 4. The lowest BCUT2D eigenvalue weighted by Crippen LogP contribution is -2.58. The summed E-state index contributed by atoms with van der Waals surface area (Å²) in [5.74, 6) is -6.40. The quantitative estimate of drug-likeness (QED) is 0.0863. The molecule has 14 nitrogen and oxygen atoms in total. The number of aliphatic hydroxyl groups is 1. The number of para-hydroxylation sites is 1. The number of ketones is 2. The first-order chi connectivity index (χ1) is 27.9. The van der Waals surface area contributed by atoms with Crippen LogP contribution in [-0.4, -0.2) is 65.6 Å². The van der Waals surface area contributed by atoms with Gasteiger partial charge in [-0.1, -0.05) is 90.5 Å². The molecule has 4 aromatic rings. The minimum atomic E-state index is -1.53. The number of Topliss-reactive ketones (excluding diaryl/α,β-unsaturated/α-hetero) is 1. The molecule has 0 bridgehead atoms. The largest absolute Gasteiger partial charge is 0.491 e. The Bertz CT molecular complexity index is 2430. The van der Waals surface area contributed by atoms with E-state index < -0.39 is 68.0 Å². The van der Waals surface area contributed by atoms with Crippen LogP contribution < -0.4 is 14.5 Å². The molecule has 294 valence electrons. The number of benzene rings is 4. The zero-order valence-corrected chi connectivity index (χ0v) is 31.5. The number of fused-ring (bicyclic) bond motifs is 4. The highest BCUT2D eigenvalue weighted by atomic mass is 16.6. The van der Waals surface area contributed by atoms with Crippen molar-refractivity contribution >= 4 is 51.7 Å². The summed E-state index contributed by atoms with van der Waals surface area (Å²) < 4.78 is 6.09. The number of anilines is 2. The number of hydrogen-bond donors (Lipinski definition) is 1. The lowest BCUT2D eigenvalue weighted by atomic mass is 9.44. The van der Waals surface area contributed by atoms with Gasteiger partial charge in [-0.3, -0.25) is 39.4 Å². The number of imide groups is 1. The van der Waals surface area contributed by atoms with Crippen LogP contribution in [0, 0.1) is 43.9 Å². The second-order valence-electron chi connectivity index (χ2n) is 15.2. The van der Waals surface area contributed by atoms with E-state index >= 15 is 9.59 Å². The van der Waals surface area contributed by atoms with Crippen LogP contribution in [0.4, 0.5) is 22.7 Å². The van der Waals surface area contributed by atoms with E-state index in [0.717, 1.165) is 17.0 Å². The van der Waals surface area contributed by atoms with Crippen molar-refractivity contribution in [1.82, 2.24) is 0 Å². The summed E-state index contributed by atoms with van der Waals surface area (Å²) in [6.45, 7) is -0.351. The molecular formula is C44H38N4O10. The van der Waals surface area contributed by atoms with E-state index in [9.17, 15) is 34.9 Å². The van der Waals surface area contributed by atoms with Crippen molar-refractivity contribution in [3.63, 3.8) is 0 Å². The van der Waals surface area contributed by atoms with Crippen molar-refractivity contribution in [1.29, 1.82) is 0 Å². The minimum Gasteiger partial charge on any atom is -0.491 e. The molecule has 6 unspecified atom stereocenters. The Labute approximate surface area is 332 Å². The van der Waals surface area contributed by atoms with Crippen molar-refractivity contribution in [2.24, 2.45) is 23.7 Å². The predicted octanol–water partition coefficient (Wildman–Crippen LogP) is 5.97. The highest BCUT2D eigenvalue weighted by Crippen LogP contribution is 2.64. The molecule has 1 N–H and O–H groups in total. The van der Waals surface area contributed by atoms with Gasteiger partial charge in [-0.25, -0.2) is 4.90 Å². The summed E-state index contributed by atoms with van der Waals surface area (Å²) in [7, 11) is 2.83. The molecule has 58 heavy (non-hydrogen) atoms. The number of allylic oxidation sites excluding steroid dienone is 4. The van der Waals surface area contributed by atoms with Crippen LogP contribution in [0.25, 0.3) is 5.57 Å². The fraction of sp³-hybridized carbons (Fsp3) is 0.273. The number of hydrogen-bond acceptors (Lipinski definition) is 11. The maximum absolute atomic E-state index is 15.3. The molecule has 2 amide bonds. The highest BCUT2D eigenvalue weighted by molar-refractivity contribution is 6.32. The number of aliphatic hydroxyl groups excluding tert-OH is 1. The van der Waals surface area contributed by atoms with E-state index in [1.165, 1.54) is 25.1 Å². The second-order valence-corrected chi connectivity index (χ2v) is 15.2. The van der Waals surface area contributed by atoms with E-state index in [1.54, 1.807) is 66.7 Å². The molecule has 1 saturated heterocycles. The van der Waals surface area contributed by atoms with E-state index in [2.05, 4.69) is 0 Å². The van der Waals surface area contributed by atoms with Crippen LogP contribution in [0.3, 0.4) is 0 Å². The lowest BCUT2D eigenvalue weighted by molar-refractivity contribution is -0.392. The maximum atomic E-state index is 15.3. The fourth-order valence-electron chi connectivity index (χ4n) is 9.93. The van der Waals surface area contributed by atoms with Crippen LogP contribution in [0.1, 0.15) is 35.4 Å². The number of amides is 2. The molecule has 1 heterocycles. The minimum absolute atomic E-state index is 0.000468. The van der Waals surface area contributed by atoms with Crippen molar-refractivity contribution in [2.75, 3.05) is 37.1 Å². The summed E-state index contributed by atoms with van der Waals surface area (Å²) >= 11 is 0. The van der Waals surface area contributed by atoms with Crippen LogP contribution in [-0.2, 0) is 24.6 Å². The van der Waals surface area contributed by atoms with Crippen molar-refractivity contribution in [3.05, 3.63) is 152 Å². The molecule has 8 rings (SSSR count). The third kappa shape index (κ3) is 5.73. The summed E-state index contributed by atoms with van der Waals surface area (Å²) in [5, 5.41) is 34.3. The molecule has 1 saturated carbocycles. The number of ether oxygens (including phenoxy) is 1. The van der Waals surface area contributed by atoms with E-state index in [1.807, 2.05) is 24.3 Å². The van der Waals surface area contributed by atoms with Gasteiger partial charge in [-0.15, -0.1) is 0 Å². The smallest absolute Gasteiger partial charge is 0.301 e. The first-order valence-electron chi connectivity index (χ1n) is 18.9. The molecule has 2 fully saturated rings. The van der Waals surface area contributed by atoms with Gasteiger partial charge in [0.05, 0.1) is 39.4 Å². The molecule has 4 aliphatic rings. The zero-order valence-electron chi connectivity index (χ0n) is 31.5. The van der Waals surface area contributed by atoms with E-state index in [4.69, 9.17) is 4.74 Å². The van der Waals surface area contributed by atoms with Gasteiger partial charge in [0.1, 0.15) is 12.4 Å². The average molecular weight is 783 g/mol. The van der Waals surface area contributed by atoms with Gasteiger partial charge in [0.25, 0.3) is 0 Å². The van der Waals surface area contributed by atoms with Crippen molar-refractivity contribution in [2.45, 2.75) is 24.2 Å². The molecule has 3 aliphatic carbocycles. The van der Waals surface area contributed by atoms with Gasteiger partial charge < -0.3 is 14.7 Å². The molecule has 0 radical (unpaired) electrons. The summed E-state index contributed by atoms with van der Waals surface area (Å²) in [6.07, 6.45) is 3.33. The molecule has 1 aliphatic heterocycles. The van der Waals surface area contributed by atoms with Gasteiger partial charge in [0.2, 0.25) is 11.8 Å². The second kappa shape index (κ2) is 14.6. The van der Waals surface area contributed by atoms with Crippen LogP contribution in [0.2, 0.25) is 0 Å². The molecule has 0 spiro atoms. The van der Waals surface area contributed by atoms with Gasteiger partial charge in [0, 0.05) is 49.2 Å². The van der Waals surface area contributed by atoms with E-state index in [0.29, 0.717) is 28.0 Å². The lowest BCUT2D eigenvalue weighted by Gasteiger charge is -2.55. The van der Waals surface area contributed by atoms with Crippen LogP contribution in [0.5, 0.6) is 5.75 Å². The first kappa shape index (κ1) is 38.1. The number of rotatable bonds is 10. The Hall–Kier alpha value is -6.80. The number of nitro groups is 2. The molecule has 14 heteroatoms.